The minimum Gasteiger partial charge on any atom is -0.509 e. The van der Waals surface area contributed by atoms with Crippen LogP contribution < -0.4 is 14.9 Å². The molecule has 12 heteroatoms. The zero-order chi connectivity index (χ0) is 20.9. The van der Waals surface area contributed by atoms with E-state index in [1.165, 1.54) is 19.5 Å². The van der Waals surface area contributed by atoms with Crippen LogP contribution in [-0.4, -0.2) is 70.7 Å². The molecular weight excluding hydrogens is 371 g/mol. The third kappa shape index (κ3) is 5.70. The smallest absolute Gasteiger partial charge is 0.509 e. The first-order chi connectivity index (χ1) is 13.0. The lowest BCUT2D eigenvalue weighted by molar-refractivity contribution is -0.149. The van der Waals surface area contributed by atoms with Crippen LogP contribution in [0.4, 0.5) is 10.7 Å². The van der Waals surface area contributed by atoms with Crippen LogP contribution in [-0.2, 0) is 14.3 Å². The van der Waals surface area contributed by atoms with Crippen molar-refractivity contribution in [1.82, 2.24) is 15.3 Å². The highest BCUT2D eigenvalue weighted by atomic mass is 16.6. The standard InChI is InChI=1S/C16H25BN4O7/c1-15(2,3)27-14(23)20-16(12(22)26-4)5-7-21(8-6-16)13-18-9-11(10-19-13)28-17(24)25/h9-10,24-25H,5-8H2,1-4H3,(H,20,23). The van der Waals surface area contributed by atoms with E-state index in [1.54, 1.807) is 20.8 Å². The first kappa shape index (κ1) is 21.7. The van der Waals surface area contributed by atoms with Crippen LogP contribution >= 0.6 is 0 Å². The predicted octanol–water partition coefficient (Wildman–Crippen LogP) is -0.138. The van der Waals surface area contributed by atoms with Gasteiger partial charge in [0.1, 0.15) is 16.9 Å². The molecule has 28 heavy (non-hydrogen) atoms. The van der Waals surface area contributed by atoms with Gasteiger partial charge in [-0.2, -0.15) is 0 Å². The Morgan fingerprint density at radius 3 is 2.25 bits per heavy atom. The highest BCUT2D eigenvalue weighted by molar-refractivity contribution is 6.33. The Bertz CT molecular complexity index is 685. The molecule has 0 aliphatic carbocycles. The number of anilines is 1. The van der Waals surface area contributed by atoms with Crippen molar-refractivity contribution in [2.75, 3.05) is 25.1 Å². The van der Waals surface area contributed by atoms with Crippen molar-refractivity contribution in [1.29, 1.82) is 0 Å². The van der Waals surface area contributed by atoms with Gasteiger partial charge in [-0.3, -0.25) is 0 Å². The number of alkyl carbamates (subject to hydrolysis) is 1. The molecular formula is C16H25BN4O7. The first-order valence-electron chi connectivity index (χ1n) is 8.74. The highest BCUT2D eigenvalue weighted by Crippen LogP contribution is 2.27. The van der Waals surface area contributed by atoms with Crippen molar-refractivity contribution >= 4 is 25.3 Å². The summed E-state index contributed by atoms with van der Waals surface area (Å²) in [7, 11) is -0.686. The van der Waals surface area contributed by atoms with Gasteiger partial charge < -0.3 is 34.4 Å². The van der Waals surface area contributed by atoms with E-state index in [2.05, 4.69) is 19.9 Å². The molecule has 2 rings (SSSR count). The summed E-state index contributed by atoms with van der Waals surface area (Å²) in [5.74, 6) is -0.0543. The van der Waals surface area contributed by atoms with E-state index >= 15 is 0 Å². The zero-order valence-electron chi connectivity index (χ0n) is 16.3. The third-order valence-electron chi connectivity index (χ3n) is 4.07. The molecule has 0 saturated carbocycles. The molecule has 1 aromatic heterocycles. The summed E-state index contributed by atoms with van der Waals surface area (Å²) in [6, 6.07) is 0. The molecule has 11 nitrogen and oxygen atoms in total. The number of nitrogens with one attached hydrogen (secondary N) is 1. The minimum atomic E-state index is -1.95. The lowest BCUT2D eigenvalue weighted by Gasteiger charge is -2.40. The van der Waals surface area contributed by atoms with Crippen LogP contribution in [0.25, 0.3) is 0 Å². The number of amides is 1. The number of aromatic nitrogens is 2. The van der Waals surface area contributed by atoms with Gasteiger partial charge in [0, 0.05) is 13.1 Å². The average molecular weight is 396 g/mol. The molecule has 0 atom stereocenters. The number of esters is 1. The number of carbonyl (C=O) groups is 2. The highest BCUT2D eigenvalue weighted by Gasteiger charge is 2.45. The maximum absolute atomic E-state index is 12.4. The fraction of sp³-hybridized carbons (Fsp3) is 0.625. The number of piperidine rings is 1. The molecule has 0 radical (unpaired) electrons. The van der Waals surface area contributed by atoms with Crippen molar-refractivity contribution in [3.05, 3.63) is 12.4 Å². The molecule has 1 fully saturated rings. The summed E-state index contributed by atoms with van der Waals surface area (Å²) in [5.41, 5.74) is -1.89. The van der Waals surface area contributed by atoms with Gasteiger partial charge in [0.2, 0.25) is 5.95 Å². The Morgan fingerprint density at radius 1 is 1.21 bits per heavy atom. The second-order valence-corrected chi connectivity index (χ2v) is 7.35. The average Bonchev–Trinajstić information content (AvgIpc) is 2.60. The Morgan fingerprint density at radius 2 is 1.79 bits per heavy atom. The van der Waals surface area contributed by atoms with Gasteiger partial charge in [-0.1, -0.05) is 0 Å². The third-order valence-corrected chi connectivity index (χ3v) is 4.07. The molecule has 0 bridgehead atoms. The van der Waals surface area contributed by atoms with E-state index in [0.29, 0.717) is 19.0 Å². The fourth-order valence-corrected chi connectivity index (χ4v) is 2.82. The molecule has 1 aromatic rings. The molecule has 154 valence electrons. The quantitative estimate of drug-likeness (QED) is 0.455. The number of hydrogen-bond donors (Lipinski definition) is 3. The van der Waals surface area contributed by atoms with Gasteiger partial charge in [0.15, 0.2) is 0 Å². The summed E-state index contributed by atoms with van der Waals surface area (Å²) in [6.07, 6.45) is 2.48. The van der Waals surface area contributed by atoms with Crippen LogP contribution in [0.15, 0.2) is 12.4 Å². The first-order valence-corrected chi connectivity index (χ1v) is 8.74. The Labute approximate surface area is 163 Å². The van der Waals surface area contributed by atoms with Gasteiger partial charge in [-0.25, -0.2) is 19.6 Å². The molecule has 1 aliphatic rings. The van der Waals surface area contributed by atoms with Crippen molar-refractivity contribution in [3.63, 3.8) is 0 Å². The van der Waals surface area contributed by atoms with E-state index in [0.717, 1.165) is 0 Å². The maximum Gasteiger partial charge on any atom is 0.707 e. The van der Waals surface area contributed by atoms with Crippen LogP contribution in [0.5, 0.6) is 5.75 Å². The molecule has 3 N–H and O–H groups in total. The molecule has 0 aromatic carbocycles. The van der Waals surface area contributed by atoms with Crippen molar-refractivity contribution in [2.45, 2.75) is 44.8 Å². The SMILES string of the molecule is COC(=O)C1(NC(=O)OC(C)(C)C)CCN(c2ncc(OB(O)O)cn2)CC1. The van der Waals surface area contributed by atoms with Gasteiger partial charge in [0.05, 0.1) is 19.5 Å². The van der Waals surface area contributed by atoms with Crippen molar-refractivity contribution in [3.8, 4) is 5.75 Å². The second-order valence-electron chi connectivity index (χ2n) is 7.35. The predicted molar refractivity (Wildman–Crippen MR) is 98.4 cm³/mol. The van der Waals surface area contributed by atoms with Crippen molar-refractivity contribution in [2.24, 2.45) is 0 Å². The van der Waals surface area contributed by atoms with Gasteiger partial charge >= 0.3 is 19.4 Å². The summed E-state index contributed by atoms with van der Waals surface area (Å²) in [4.78, 5) is 34.6. The Balaban J connectivity index is 2.05. The second kappa shape index (κ2) is 8.61. The van der Waals surface area contributed by atoms with Gasteiger partial charge in [-0.05, 0) is 33.6 Å². The molecule has 0 unspecified atom stereocenters. The lowest BCUT2D eigenvalue weighted by atomic mass is 9.87. The number of rotatable bonds is 5. The van der Waals surface area contributed by atoms with E-state index in [-0.39, 0.29) is 18.6 Å². The van der Waals surface area contributed by atoms with Crippen LogP contribution in [0.1, 0.15) is 33.6 Å². The molecule has 2 heterocycles. The molecule has 1 amide bonds. The number of carbonyl (C=O) groups excluding carboxylic acids is 2. The number of ether oxygens (including phenoxy) is 2. The minimum absolute atomic E-state index is 0.103. The van der Waals surface area contributed by atoms with Crippen LogP contribution in [0.2, 0.25) is 0 Å². The molecule has 1 aliphatic heterocycles. The van der Waals surface area contributed by atoms with E-state index in [9.17, 15) is 9.59 Å². The molecule has 0 spiro atoms. The largest absolute Gasteiger partial charge is 0.707 e. The maximum atomic E-state index is 12.4. The summed E-state index contributed by atoms with van der Waals surface area (Å²) >= 11 is 0. The zero-order valence-corrected chi connectivity index (χ0v) is 16.3. The molecule has 1 saturated heterocycles. The van der Waals surface area contributed by atoms with E-state index < -0.39 is 30.5 Å². The lowest BCUT2D eigenvalue weighted by Crippen LogP contribution is -2.61. The van der Waals surface area contributed by atoms with Crippen LogP contribution in [0.3, 0.4) is 0 Å². The van der Waals surface area contributed by atoms with Gasteiger partial charge in [0.25, 0.3) is 0 Å². The van der Waals surface area contributed by atoms with Crippen LogP contribution in [0, 0.1) is 0 Å². The summed E-state index contributed by atoms with van der Waals surface area (Å²) in [5, 5.41) is 20.2. The summed E-state index contributed by atoms with van der Waals surface area (Å²) < 4.78 is 14.8. The van der Waals surface area contributed by atoms with Crippen molar-refractivity contribution < 1.29 is 33.8 Å². The van der Waals surface area contributed by atoms with E-state index in [4.69, 9.17) is 19.5 Å². The number of methoxy groups -OCH3 is 1. The van der Waals surface area contributed by atoms with E-state index in [1.807, 2.05) is 4.90 Å². The normalized spacial score (nSPS) is 16.1. The Hall–Kier alpha value is -2.60. The van der Waals surface area contributed by atoms with Gasteiger partial charge in [-0.15, -0.1) is 0 Å². The summed E-state index contributed by atoms with van der Waals surface area (Å²) in [6.45, 7) is 5.98. The number of hydrogen-bond acceptors (Lipinski definition) is 10. The Kier molecular flexibility index (Phi) is 6.67. The number of nitrogens with zero attached hydrogens (tertiary/aromatic N) is 3. The fourth-order valence-electron chi connectivity index (χ4n) is 2.82. The monoisotopic (exact) mass is 396 g/mol. The topological polar surface area (TPSA) is 143 Å².